The maximum absolute atomic E-state index is 12.7. The predicted molar refractivity (Wildman–Crippen MR) is 97.1 cm³/mol. The van der Waals surface area contributed by atoms with Crippen molar-refractivity contribution in [1.82, 2.24) is 9.88 Å². The van der Waals surface area contributed by atoms with Gasteiger partial charge in [-0.3, -0.25) is 4.79 Å². The van der Waals surface area contributed by atoms with E-state index in [0.717, 1.165) is 12.0 Å². The molecule has 0 fully saturated rings. The minimum atomic E-state index is -4.49. The summed E-state index contributed by atoms with van der Waals surface area (Å²) in [6.45, 7) is 0.485. The van der Waals surface area contributed by atoms with Crippen LogP contribution in [0.5, 0.6) is 5.88 Å². The fourth-order valence-corrected chi connectivity index (χ4v) is 2.83. The van der Waals surface area contributed by atoms with E-state index >= 15 is 0 Å². The fraction of sp³-hybridized carbons (Fsp3) is 0.368. The second kappa shape index (κ2) is 9.08. The first-order valence-electron chi connectivity index (χ1n) is 8.37. The number of halogens is 4. The lowest BCUT2D eigenvalue weighted by atomic mass is 10.0. The normalized spacial score (nSPS) is 12.5. The molecule has 1 atom stereocenters. The summed E-state index contributed by atoms with van der Waals surface area (Å²) in [5.41, 5.74) is 1.30. The lowest BCUT2D eigenvalue weighted by molar-refractivity contribution is -0.154. The molecular formula is C19H20ClF3N2O2. The van der Waals surface area contributed by atoms with Gasteiger partial charge in [0, 0.05) is 19.3 Å². The number of hydrogen-bond acceptors (Lipinski definition) is 3. The van der Waals surface area contributed by atoms with Crippen LogP contribution >= 0.6 is 11.6 Å². The van der Waals surface area contributed by atoms with Crippen molar-refractivity contribution < 1.29 is 22.7 Å². The summed E-state index contributed by atoms with van der Waals surface area (Å²) in [4.78, 5) is 18.1. The lowest BCUT2D eigenvalue weighted by Gasteiger charge is -2.27. The summed E-state index contributed by atoms with van der Waals surface area (Å²) in [5.74, 6) is -0.668. The molecule has 0 aliphatic heterocycles. The van der Waals surface area contributed by atoms with E-state index in [0.29, 0.717) is 6.42 Å². The quantitative estimate of drug-likeness (QED) is 0.672. The third-order valence-corrected chi connectivity index (χ3v) is 4.35. The number of ether oxygens (including phenoxy) is 1. The van der Waals surface area contributed by atoms with Gasteiger partial charge in [0.2, 0.25) is 5.88 Å². The van der Waals surface area contributed by atoms with E-state index < -0.39 is 12.8 Å². The average Bonchev–Trinajstić information content (AvgIpc) is 2.64. The van der Waals surface area contributed by atoms with Crippen LogP contribution in [0.1, 0.15) is 29.3 Å². The van der Waals surface area contributed by atoms with Gasteiger partial charge < -0.3 is 9.64 Å². The summed E-state index contributed by atoms with van der Waals surface area (Å²) in [7, 11) is 1.68. The van der Waals surface area contributed by atoms with Crippen LogP contribution in [0.15, 0.2) is 42.6 Å². The molecule has 1 unspecified atom stereocenters. The second-order valence-electron chi connectivity index (χ2n) is 6.08. The van der Waals surface area contributed by atoms with Gasteiger partial charge in [-0.25, -0.2) is 4.98 Å². The van der Waals surface area contributed by atoms with E-state index in [4.69, 9.17) is 11.6 Å². The summed E-state index contributed by atoms with van der Waals surface area (Å²) in [6, 6.07) is 11.0. The van der Waals surface area contributed by atoms with Crippen molar-refractivity contribution in [1.29, 1.82) is 0 Å². The maximum atomic E-state index is 12.7. The number of benzene rings is 1. The number of amides is 1. The fourth-order valence-electron chi connectivity index (χ4n) is 2.61. The van der Waals surface area contributed by atoms with Gasteiger partial charge in [-0.2, -0.15) is 13.2 Å². The first-order chi connectivity index (χ1) is 12.7. The molecule has 2 aromatic rings. The summed E-state index contributed by atoms with van der Waals surface area (Å²) in [6.07, 6.45) is -1.89. The van der Waals surface area contributed by atoms with Crippen molar-refractivity contribution in [2.45, 2.75) is 32.0 Å². The number of rotatable bonds is 7. The molecule has 0 aliphatic rings. The molecule has 2 rings (SSSR count). The topological polar surface area (TPSA) is 42.4 Å². The first kappa shape index (κ1) is 21.0. The van der Waals surface area contributed by atoms with Crippen molar-refractivity contribution in [3.05, 3.63) is 58.7 Å². The standard InChI is InChI=1S/C19H20ClF3N2O2/c1-3-15(9-13-7-5-4-6-8-13)25(2)18(26)14-10-16(20)17(24-11-14)27-12-19(21,22)23/h4-8,10-11,15H,3,9,12H2,1-2H3. The number of pyridine rings is 1. The molecule has 0 radical (unpaired) electrons. The highest BCUT2D eigenvalue weighted by Gasteiger charge is 2.29. The smallest absolute Gasteiger partial charge is 0.422 e. The SMILES string of the molecule is CCC(Cc1ccccc1)N(C)C(=O)c1cnc(OCC(F)(F)F)c(Cl)c1. The Morgan fingerprint density at radius 1 is 1.30 bits per heavy atom. The van der Waals surface area contributed by atoms with Crippen LogP contribution in [-0.4, -0.2) is 41.7 Å². The van der Waals surface area contributed by atoms with E-state index in [1.165, 1.54) is 12.3 Å². The van der Waals surface area contributed by atoms with Crippen LogP contribution in [0.3, 0.4) is 0 Å². The summed E-state index contributed by atoms with van der Waals surface area (Å²) < 4.78 is 41.3. The van der Waals surface area contributed by atoms with Crippen LogP contribution in [0.25, 0.3) is 0 Å². The molecule has 27 heavy (non-hydrogen) atoms. The molecule has 8 heteroatoms. The van der Waals surface area contributed by atoms with E-state index in [1.54, 1.807) is 11.9 Å². The number of hydrogen-bond donors (Lipinski definition) is 0. The summed E-state index contributed by atoms with van der Waals surface area (Å²) >= 11 is 5.92. The van der Waals surface area contributed by atoms with Crippen LogP contribution in [-0.2, 0) is 6.42 Å². The minimum Gasteiger partial charge on any atom is -0.467 e. The Labute approximate surface area is 160 Å². The van der Waals surface area contributed by atoms with Gasteiger partial charge in [-0.05, 0) is 24.5 Å². The monoisotopic (exact) mass is 400 g/mol. The van der Waals surface area contributed by atoms with Crippen molar-refractivity contribution in [2.75, 3.05) is 13.7 Å². The van der Waals surface area contributed by atoms with Crippen molar-refractivity contribution in [3.63, 3.8) is 0 Å². The van der Waals surface area contributed by atoms with Gasteiger partial charge in [-0.1, -0.05) is 48.9 Å². The van der Waals surface area contributed by atoms with E-state index in [9.17, 15) is 18.0 Å². The largest absolute Gasteiger partial charge is 0.467 e. The number of carbonyl (C=O) groups is 1. The lowest BCUT2D eigenvalue weighted by Crippen LogP contribution is -2.38. The van der Waals surface area contributed by atoms with Crippen molar-refractivity contribution >= 4 is 17.5 Å². The highest BCUT2D eigenvalue weighted by Crippen LogP contribution is 2.26. The molecule has 1 aromatic heterocycles. The number of alkyl halides is 3. The van der Waals surface area contributed by atoms with Gasteiger partial charge in [0.05, 0.1) is 5.56 Å². The van der Waals surface area contributed by atoms with Gasteiger partial charge in [0.1, 0.15) is 5.02 Å². The number of aromatic nitrogens is 1. The van der Waals surface area contributed by atoms with Crippen LogP contribution in [0.4, 0.5) is 13.2 Å². The van der Waals surface area contributed by atoms with Crippen LogP contribution in [0, 0.1) is 0 Å². The zero-order valence-corrected chi connectivity index (χ0v) is 15.7. The van der Waals surface area contributed by atoms with Gasteiger partial charge in [0.25, 0.3) is 5.91 Å². The molecular weight excluding hydrogens is 381 g/mol. The Balaban J connectivity index is 2.09. The first-order valence-corrected chi connectivity index (χ1v) is 8.75. The molecule has 1 aromatic carbocycles. The van der Waals surface area contributed by atoms with Crippen molar-refractivity contribution in [3.8, 4) is 5.88 Å². The Kier molecular flexibility index (Phi) is 7.07. The minimum absolute atomic E-state index is 0.0418. The third kappa shape index (κ3) is 6.13. The Hall–Kier alpha value is -2.28. The molecule has 1 heterocycles. The third-order valence-electron chi connectivity index (χ3n) is 4.08. The highest BCUT2D eigenvalue weighted by atomic mass is 35.5. The van der Waals surface area contributed by atoms with Gasteiger partial charge in [-0.15, -0.1) is 0 Å². The number of nitrogens with zero attached hydrogens (tertiary/aromatic N) is 2. The molecule has 4 nitrogen and oxygen atoms in total. The van der Waals surface area contributed by atoms with E-state index in [1.807, 2.05) is 37.3 Å². The predicted octanol–water partition coefficient (Wildman–Crippen LogP) is 4.77. The molecule has 0 aliphatic carbocycles. The summed E-state index contributed by atoms with van der Waals surface area (Å²) in [5, 5.41) is -0.144. The van der Waals surface area contributed by atoms with Crippen molar-refractivity contribution in [2.24, 2.45) is 0 Å². The molecule has 0 spiro atoms. The highest BCUT2D eigenvalue weighted by molar-refractivity contribution is 6.32. The Morgan fingerprint density at radius 2 is 1.96 bits per heavy atom. The molecule has 146 valence electrons. The Morgan fingerprint density at radius 3 is 2.52 bits per heavy atom. The average molecular weight is 401 g/mol. The zero-order valence-electron chi connectivity index (χ0n) is 15.0. The number of likely N-dealkylation sites (N-methyl/N-ethyl adjacent to an activating group) is 1. The maximum Gasteiger partial charge on any atom is 0.422 e. The van der Waals surface area contributed by atoms with Gasteiger partial charge >= 0.3 is 6.18 Å². The molecule has 0 saturated carbocycles. The van der Waals surface area contributed by atoms with E-state index in [-0.39, 0.29) is 28.4 Å². The van der Waals surface area contributed by atoms with Crippen LogP contribution in [0.2, 0.25) is 5.02 Å². The molecule has 0 N–H and O–H groups in total. The molecule has 0 bridgehead atoms. The van der Waals surface area contributed by atoms with Crippen LogP contribution < -0.4 is 4.74 Å². The molecule has 0 saturated heterocycles. The Bertz CT molecular complexity index is 769. The second-order valence-corrected chi connectivity index (χ2v) is 6.49. The number of carbonyl (C=O) groups excluding carboxylic acids is 1. The van der Waals surface area contributed by atoms with E-state index in [2.05, 4.69) is 9.72 Å². The van der Waals surface area contributed by atoms with Gasteiger partial charge in [0.15, 0.2) is 6.61 Å². The zero-order chi connectivity index (χ0) is 20.0. The molecule has 1 amide bonds.